The van der Waals surface area contributed by atoms with Gasteiger partial charge in [0.2, 0.25) is 0 Å². The maximum Gasteiger partial charge on any atom is 0.131 e. The van der Waals surface area contributed by atoms with Crippen LogP contribution in [-0.4, -0.2) is 30.4 Å². The number of hydrogen-bond acceptors (Lipinski definition) is 3. The van der Waals surface area contributed by atoms with E-state index in [9.17, 15) is 4.79 Å². The molecule has 0 aromatic heterocycles. The van der Waals surface area contributed by atoms with Gasteiger partial charge < -0.3 is 4.74 Å². The maximum absolute atomic E-state index is 11.5. The molecule has 1 aliphatic rings. The monoisotopic (exact) mass is 261 g/mol. The Balaban J connectivity index is 2.20. The van der Waals surface area contributed by atoms with Crippen LogP contribution in [0.3, 0.4) is 0 Å². The van der Waals surface area contributed by atoms with Crippen molar-refractivity contribution in [1.82, 2.24) is 4.90 Å². The van der Waals surface area contributed by atoms with Gasteiger partial charge in [0, 0.05) is 12.5 Å². The van der Waals surface area contributed by atoms with Crippen LogP contribution in [0, 0.1) is 0 Å². The van der Waals surface area contributed by atoms with E-state index < -0.39 is 0 Å². The summed E-state index contributed by atoms with van der Waals surface area (Å²) in [5.41, 5.74) is 1.20. The van der Waals surface area contributed by atoms with Crippen molar-refractivity contribution in [2.75, 3.05) is 19.7 Å². The second-order valence-corrected chi connectivity index (χ2v) is 5.17. The van der Waals surface area contributed by atoms with E-state index in [0.717, 1.165) is 18.8 Å². The molecule has 0 N–H and O–H groups in total. The number of likely N-dealkylation sites (tertiary alicyclic amines) is 1. The lowest BCUT2D eigenvalue weighted by molar-refractivity contribution is -0.118. The average molecular weight is 261 g/mol. The number of carbonyl (C=O) groups excluding carboxylic acids is 1. The zero-order valence-corrected chi connectivity index (χ0v) is 11.9. The molecular formula is C16H23NO2. The highest BCUT2D eigenvalue weighted by Crippen LogP contribution is 2.30. The van der Waals surface area contributed by atoms with Gasteiger partial charge in [0.25, 0.3) is 0 Å². The SMILES string of the molecule is CCOc1cccc(C(CC(C)=O)N2CCCC2)c1. The molecule has 0 amide bonds. The quantitative estimate of drug-likeness (QED) is 0.787. The third kappa shape index (κ3) is 3.80. The normalized spacial score (nSPS) is 17.4. The second-order valence-electron chi connectivity index (χ2n) is 5.17. The van der Waals surface area contributed by atoms with Crippen LogP contribution in [0.25, 0.3) is 0 Å². The lowest BCUT2D eigenvalue weighted by Gasteiger charge is -2.27. The molecule has 1 saturated heterocycles. The molecule has 0 aliphatic carbocycles. The first-order valence-corrected chi connectivity index (χ1v) is 7.17. The van der Waals surface area contributed by atoms with Crippen molar-refractivity contribution in [3.8, 4) is 5.75 Å². The van der Waals surface area contributed by atoms with Crippen molar-refractivity contribution >= 4 is 5.78 Å². The molecule has 0 bridgehead atoms. The summed E-state index contributed by atoms with van der Waals surface area (Å²) in [6.07, 6.45) is 3.06. The molecule has 1 heterocycles. The summed E-state index contributed by atoms with van der Waals surface area (Å²) >= 11 is 0. The van der Waals surface area contributed by atoms with Gasteiger partial charge in [-0.15, -0.1) is 0 Å². The molecule has 1 aromatic carbocycles. The van der Waals surface area contributed by atoms with E-state index in [1.165, 1.54) is 18.4 Å². The molecule has 2 rings (SSSR count). The fourth-order valence-corrected chi connectivity index (χ4v) is 2.76. The highest BCUT2D eigenvalue weighted by atomic mass is 16.5. The zero-order chi connectivity index (χ0) is 13.7. The van der Waals surface area contributed by atoms with Gasteiger partial charge in [0.05, 0.1) is 6.61 Å². The Hall–Kier alpha value is -1.35. The Morgan fingerprint density at radius 2 is 2.11 bits per heavy atom. The van der Waals surface area contributed by atoms with Crippen LogP contribution >= 0.6 is 0 Å². The minimum absolute atomic E-state index is 0.209. The molecule has 1 fully saturated rings. The number of ether oxygens (including phenoxy) is 1. The summed E-state index contributed by atoms with van der Waals surface area (Å²) in [7, 11) is 0. The van der Waals surface area contributed by atoms with Crippen molar-refractivity contribution in [3.63, 3.8) is 0 Å². The molecule has 0 saturated carbocycles. The third-order valence-corrected chi connectivity index (χ3v) is 3.62. The summed E-state index contributed by atoms with van der Waals surface area (Å²) < 4.78 is 5.56. The van der Waals surface area contributed by atoms with E-state index in [4.69, 9.17) is 4.74 Å². The number of benzene rings is 1. The molecule has 19 heavy (non-hydrogen) atoms. The van der Waals surface area contributed by atoms with Gasteiger partial charge in [-0.25, -0.2) is 0 Å². The molecule has 1 unspecified atom stereocenters. The zero-order valence-electron chi connectivity index (χ0n) is 11.9. The summed E-state index contributed by atoms with van der Waals surface area (Å²) in [5, 5.41) is 0. The largest absolute Gasteiger partial charge is 0.494 e. The lowest BCUT2D eigenvalue weighted by Crippen LogP contribution is -2.27. The van der Waals surface area contributed by atoms with Crippen LogP contribution in [0.4, 0.5) is 0 Å². The van der Waals surface area contributed by atoms with Crippen molar-refractivity contribution in [1.29, 1.82) is 0 Å². The lowest BCUT2D eigenvalue weighted by atomic mass is 10.00. The number of hydrogen-bond donors (Lipinski definition) is 0. The smallest absolute Gasteiger partial charge is 0.131 e. The molecule has 1 aliphatic heterocycles. The Kier molecular flexibility index (Phi) is 4.97. The average Bonchev–Trinajstić information content (AvgIpc) is 2.90. The van der Waals surface area contributed by atoms with Crippen molar-refractivity contribution in [2.45, 2.75) is 39.2 Å². The molecule has 1 aromatic rings. The van der Waals surface area contributed by atoms with E-state index in [-0.39, 0.29) is 11.8 Å². The van der Waals surface area contributed by atoms with Gasteiger partial charge in [-0.3, -0.25) is 9.69 Å². The van der Waals surface area contributed by atoms with Crippen molar-refractivity contribution in [2.24, 2.45) is 0 Å². The number of Topliss-reactive ketones (excluding diaryl/α,β-unsaturated/α-hetero) is 1. The van der Waals surface area contributed by atoms with Crippen LogP contribution in [-0.2, 0) is 4.79 Å². The maximum atomic E-state index is 11.5. The fourth-order valence-electron chi connectivity index (χ4n) is 2.76. The minimum atomic E-state index is 0.209. The summed E-state index contributed by atoms with van der Waals surface area (Å²) in [6, 6.07) is 8.38. The highest BCUT2D eigenvalue weighted by Gasteiger charge is 2.24. The van der Waals surface area contributed by atoms with Gasteiger partial charge in [0.1, 0.15) is 11.5 Å². The first-order valence-electron chi connectivity index (χ1n) is 7.17. The Morgan fingerprint density at radius 3 is 2.74 bits per heavy atom. The van der Waals surface area contributed by atoms with Crippen molar-refractivity contribution in [3.05, 3.63) is 29.8 Å². The van der Waals surface area contributed by atoms with E-state index in [1.54, 1.807) is 6.92 Å². The standard InChI is InChI=1S/C16H23NO2/c1-3-19-15-8-6-7-14(12-15)16(11-13(2)18)17-9-4-5-10-17/h6-8,12,16H,3-5,9-11H2,1-2H3. The summed E-state index contributed by atoms with van der Waals surface area (Å²) in [6.45, 7) is 6.52. The van der Waals surface area contributed by atoms with E-state index >= 15 is 0 Å². The molecular weight excluding hydrogens is 238 g/mol. The summed E-state index contributed by atoms with van der Waals surface area (Å²) in [5.74, 6) is 1.14. The Bertz CT molecular complexity index is 425. The van der Waals surface area contributed by atoms with E-state index in [2.05, 4.69) is 17.0 Å². The van der Waals surface area contributed by atoms with Gasteiger partial charge in [-0.05, 0) is 57.5 Å². The molecule has 0 spiro atoms. The van der Waals surface area contributed by atoms with Gasteiger partial charge in [-0.2, -0.15) is 0 Å². The van der Waals surface area contributed by atoms with Crippen LogP contribution in [0.2, 0.25) is 0 Å². The number of rotatable bonds is 6. The first-order chi connectivity index (χ1) is 9.20. The number of ketones is 1. The molecule has 104 valence electrons. The molecule has 0 radical (unpaired) electrons. The van der Waals surface area contributed by atoms with Crippen LogP contribution < -0.4 is 4.74 Å². The number of carbonyl (C=O) groups is 1. The topological polar surface area (TPSA) is 29.5 Å². The van der Waals surface area contributed by atoms with Crippen LogP contribution in [0.1, 0.15) is 44.7 Å². The van der Waals surface area contributed by atoms with E-state index in [1.807, 2.05) is 19.1 Å². The van der Waals surface area contributed by atoms with Gasteiger partial charge in [-0.1, -0.05) is 12.1 Å². The second kappa shape index (κ2) is 6.71. The molecule has 1 atom stereocenters. The van der Waals surface area contributed by atoms with Gasteiger partial charge >= 0.3 is 0 Å². The molecule has 3 heteroatoms. The fraction of sp³-hybridized carbons (Fsp3) is 0.562. The predicted octanol–water partition coefficient (Wildman–Crippen LogP) is 3.20. The highest BCUT2D eigenvalue weighted by molar-refractivity contribution is 5.76. The van der Waals surface area contributed by atoms with E-state index in [0.29, 0.717) is 13.0 Å². The third-order valence-electron chi connectivity index (χ3n) is 3.62. The summed E-state index contributed by atoms with van der Waals surface area (Å²) in [4.78, 5) is 14.0. The Labute approximate surface area is 115 Å². The number of nitrogens with zero attached hydrogens (tertiary/aromatic N) is 1. The van der Waals surface area contributed by atoms with Crippen LogP contribution in [0.15, 0.2) is 24.3 Å². The van der Waals surface area contributed by atoms with Gasteiger partial charge in [0.15, 0.2) is 0 Å². The first kappa shape index (κ1) is 14.1. The van der Waals surface area contributed by atoms with Crippen molar-refractivity contribution < 1.29 is 9.53 Å². The minimum Gasteiger partial charge on any atom is -0.494 e. The Morgan fingerprint density at radius 1 is 1.37 bits per heavy atom. The predicted molar refractivity (Wildman–Crippen MR) is 76.5 cm³/mol. The molecule has 3 nitrogen and oxygen atoms in total. The van der Waals surface area contributed by atoms with Crippen LogP contribution in [0.5, 0.6) is 5.75 Å².